The van der Waals surface area contributed by atoms with Crippen LogP contribution in [-0.2, 0) is 11.8 Å². The molecule has 0 spiro atoms. The topological polar surface area (TPSA) is 109 Å². The number of nitriles is 3. The van der Waals surface area contributed by atoms with E-state index in [-0.39, 0.29) is 22.1 Å². The standard InChI is InChI=1S/C34H39N3O2/c1-3-5-7-9-24-10-11-25(28(22-36)27(24)21-35)31-26(32(38)39)12-13-30(29(31)23-37)34-18-15-33(16-19-34,17-20-34)14-8-6-4-2/h10-13H,3-9,14-20H2,1-2H3,(H,38,39). The van der Waals surface area contributed by atoms with Gasteiger partial charge in [-0.3, -0.25) is 0 Å². The van der Waals surface area contributed by atoms with E-state index in [1.807, 2.05) is 12.1 Å². The molecule has 39 heavy (non-hydrogen) atoms. The normalized spacial score (nSPS) is 21.6. The van der Waals surface area contributed by atoms with Gasteiger partial charge in [-0.25, -0.2) is 4.79 Å². The van der Waals surface area contributed by atoms with E-state index < -0.39 is 5.97 Å². The molecular weight excluding hydrogens is 482 g/mol. The molecule has 0 saturated heterocycles. The summed E-state index contributed by atoms with van der Waals surface area (Å²) in [7, 11) is 0. The van der Waals surface area contributed by atoms with Gasteiger partial charge < -0.3 is 5.11 Å². The minimum absolute atomic E-state index is 0.00588. The molecule has 0 heterocycles. The summed E-state index contributed by atoms with van der Waals surface area (Å²) in [4.78, 5) is 12.4. The second kappa shape index (κ2) is 12.1. The highest BCUT2D eigenvalue weighted by Gasteiger charge is 2.50. The SMILES string of the molecule is CCCCCc1ccc(-c2c(C(=O)O)ccc(C34CCC(CCCCC)(CC3)CC4)c2C#N)c(C#N)c1C#N. The number of carbonyl (C=O) groups is 1. The fourth-order valence-corrected chi connectivity index (χ4v) is 7.28. The van der Waals surface area contributed by atoms with Crippen molar-refractivity contribution in [3.8, 4) is 29.3 Å². The van der Waals surface area contributed by atoms with Crippen molar-refractivity contribution in [2.24, 2.45) is 5.41 Å². The maximum atomic E-state index is 12.4. The molecule has 3 saturated carbocycles. The van der Waals surface area contributed by atoms with E-state index in [4.69, 9.17) is 0 Å². The van der Waals surface area contributed by atoms with E-state index in [9.17, 15) is 25.7 Å². The van der Waals surface area contributed by atoms with Crippen LogP contribution in [0.2, 0.25) is 0 Å². The van der Waals surface area contributed by atoms with Crippen LogP contribution in [0.1, 0.15) is 135 Å². The molecule has 0 atom stereocenters. The minimum atomic E-state index is -1.14. The molecule has 202 valence electrons. The lowest BCUT2D eigenvalue weighted by Gasteiger charge is -2.54. The zero-order chi connectivity index (χ0) is 28.0. The number of fused-ring (bicyclic) bond motifs is 3. The summed E-state index contributed by atoms with van der Waals surface area (Å²) in [6.07, 6.45) is 15.2. The second-order valence-corrected chi connectivity index (χ2v) is 11.8. The lowest BCUT2D eigenvalue weighted by Crippen LogP contribution is -2.44. The van der Waals surface area contributed by atoms with Gasteiger partial charge in [0.1, 0.15) is 18.2 Å². The van der Waals surface area contributed by atoms with Crippen LogP contribution in [0.3, 0.4) is 0 Å². The maximum absolute atomic E-state index is 12.4. The molecule has 5 rings (SSSR count). The fraction of sp³-hybridized carbons (Fsp3) is 0.529. The number of carboxylic acid groups (broad SMARTS) is 1. The predicted octanol–water partition coefficient (Wildman–Crippen LogP) is 8.57. The molecule has 0 aliphatic heterocycles. The van der Waals surface area contributed by atoms with Gasteiger partial charge in [0.25, 0.3) is 0 Å². The smallest absolute Gasteiger partial charge is 0.336 e. The van der Waals surface area contributed by atoms with Gasteiger partial charge in [0.2, 0.25) is 0 Å². The molecule has 5 nitrogen and oxygen atoms in total. The number of carboxylic acids is 1. The van der Waals surface area contributed by atoms with Crippen molar-refractivity contribution < 1.29 is 9.90 Å². The number of nitrogens with zero attached hydrogens (tertiary/aromatic N) is 3. The Hall–Kier alpha value is -3.62. The number of hydrogen-bond donors (Lipinski definition) is 1. The second-order valence-electron chi connectivity index (χ2n) is 11.8. The summed E-state index contributed by atoms with van der Waals surface area (Å²) in [5.41, 5.74) is 3.48. The van der Waals surface area contributed by atoms with Crippen LogP contribution in [0.15, 0.2) is 24.3 Å². The summed E-state index contributed by atoms with van der Waals surface area (Å²) >= 11 is 0. The molecule has 0 radical (unpaired) electrons. The Morgan fingerprint density at radius 1 is 0.795 bits per heavy atom. The van der Waals surface area contributed by atoms with E-state index in [2.05, 4.69) is 32.1 Å². The Kier molecular flexibility index (Phi) is 8.77. The molecule has 2 aromatic rings. The lowest BCUT2D eigenvalue weighted by atomic mass is 9.50. The highest BCUT2D eigenvalue weighted by molar-refractivity contribution is 5.99. The number of aryl methyl sites for hydroxylation is 1. The van der Waals surface area contributed by atoms with Gasteiger partial charge >= 0.3 is 5.97 Å². The van der Waals surface area contributed by atoms with Crippen LogP contribution in [-0.4, -0.2) is 11.1 Å². The summed E-state index contributed by atoms with van der Waals surface area (Å²) in [5.74, 6) is -1.14. The molecule has 0 amide bonds. The van der Waals surface area contributed by atoms with Crippen LogP contribution in [0, 0.1) is 39.4 Å². The predicted molar refractivity (Wildman–Crippen MR) is 152 cm³/mol. The van der Waals surface area contributed by atoms with Gasteiger partial charge in [-0.1, -0.05) is 64.2 Å². The summed E-state index contributed by atoms with van der Waals surface area (Å²) in [5, 5.41) is 40.9. The third-order valence-electron chi connectivity index (χ3n) is 9.67. The largest absolute Gasteiger partial charge is 0.478 e. The van der Waals surface area contributed by atoms with Crippen LogP contribution in [0.4, 0.5) is 0 Å². The van der Waals surface area contributed by atoms with Crippen molar-refractivity contribution in [1.82, 2.24) is 0 Å². The van der Waals surface area contributed by atoms with E-state index in [0.717, 1.165) is 68.9 Å². The molecule has 5 heteroatoms. The summed E-state index contributed by atoms with van der Waals surface area (Å²) < 4.78 is 0. The third kappa shape index (κ3) is 5.31. The summed E-state index contributed by atoms with van der Waals surface area (Å²) in [6.45, 7) is 4.35. The molecular formula is C34H39N3O2. The van der Waals surface area contributed by atoms with Crippen molar-refractivity contribution in [2.45, 2.75) is 109 Å². The zero-order valence-corrected chi connectivity index (χ0v) is 23.4. The fourth-order valence-electron chi connectivity index (χ4n) is 7.28. The molecule has 0 aromatic heterocycles. The van der Waals surface area contributed by atoms with Crippen LogP contribution in [0.25, 0.3) is 11.1 Å². The molecule has 2 aromatic carbocycles. The molecule has 0 unspecified atom stereocenters. The average molecular weight is 522 g/mol. The number of benzene rings is 2. The highest BCUT2D eigenvalue weighted by atomic mass is 16.4. The average Bonchev–Trinajstić information content (AvgIpc) is 2.97. The number of aromatic carboxylic acids is 1. The van der Waals surface area contributed by atoms with Gasteiger partial charge in [0.05, 0.1) is 22.3 Å². The van der Waals surface area contributed by atoms with E-state index in [0.29, 0.717) is 28.5 Å². The Morgan fingerprint density at radius 2 is 1.41 bits per heavy atom. The maximum Gasteiger partial charge on any atom is 0.336 e. The van der Waals surface area contributed by atoms with Crippen molar-refractivity contribution >= 4 is 5.97 Å². The summed E-state index contributed by atoms with van der Waals surface area (Å²) in [6, 6.07) is 13.9. The first kappa shape index (κ1) is 28.4. The highest BCUT2D eigenvalue weighted by Crippen LogP contribution is 2.60. The Labute approximate surface area is 233 Å². The molecule has 3 aliphatic carbocycles. The third-order valence-corrected chi connectivity index (χ3v) is 9.67. The Bertz CT molecular complexity index is 1340. The van der Waals surface area contributed by atoms with E-state index in [1.165, 1.54) is 25.7 Å². The Morgan fingerprint density at radius 3 is 1.97 bits per heavy atom. The van der Waals surface area contributed by atoms with Crippen molar-refractivity contribution in [2.75, 3.05) is 0 Å². The minimum Gasteiger partial charge on any atom is -0.478 e. The van der Waals surface area contributed by atoms with Crippen LogP contribution < -0.4 is 0 Å². The van der Waals surface area contributed by atoms with Crippen molar-refractivity contribution in [3.05, 3.63) is 57.6 Å². The quantitative estimate of drug-likeness (QED) is 0.298. The van der Waals surface area contributed by atoms with Gasteiger partial charge in [-0.15, -0.1) is 0 Å². The number of unbranched alkanes of at least 4 members (excludes halogenated alkanes) is 4. The number of rotatable bonds is 11. The monoisotopic (exact) mass is 521 g/mol. The zero-order valence-electron chi connectivity index (χ0n) is 23.4. The van der Waals surface area contributed by atoms with Crippen molar-refractivity contribution in [1.29, 1.82) is 15.8 Å². The molecule has 3 aliphatic rings. The van der Waals surface area contributed by atoms with Crippen molar-refractivity contribution in [3.63, 3.8) is 0 Å². The Balaban J connectivity index is 1.82. The molecule has 2 bridgehead atoms. The van der Waals surface area contributed by atoms with Gasteiger partial charge in [0.15, 0.2) is 0 Å². The first-order valence-corrected chi connectivity index (χ1v) is 14.7. The van der Waals surface area contributed by atoms with Crippen LogP contribution >= 0.6 is 0 Å². The van der Waals surface area contributed by atoms with E-state index in [1.54, 1.807) is 12.1 Å². The van der Waals surface area contributed by atoms with E-state index >= 15 is 0 Å². The van der Waals surface area contributed by atoms with Gasteiger partial charge in [-0.05, 0) is 85.8 Å². The molecule has 3 fully saturated rings. The first-order valence-electron chi connectivity index (χ1n) is 14.7. The van der Waals surface area contributed by atoms with Gasteiger partial charge in [-0.2, -0.15) is 15.8 Å². The molecule has 1 N–H and O–H groups in total. The van der Waals surface area contributed by atoms with Gasteiger partial charge in [0, 0.05) is 11.1 Å². The van der Waals surface area contributed by atoms with Crippen LogP contribution in [0.5, 0.6) is 0 Å². The lowest BCUT2D eigenvalue weighted by molar-refractivity contribution is 0.0304. The first-order chi connectivity index (χ1) is 18.9. The number of hydrogen-bond acceptors (Lipinski definition) is 4.